The van der Waals surface area contributed by atoms with E-state index in [4.69, 9.17) is 14.6 Å². The monoisotopic (exact) mass is 226 g/mol. The van der Waals surface area contributed by atoms with Gasteiger partial charge in [-0.3, -0.25) is 0 Å². The van der Waals surface area contributed by atoms with Gasteiger partial charge in [-0.25, -0.2) is 14.8 Å². The number of carbonyl (C=O) groups is 1. The molecule has 0 amide bonds. The average molecular weight is 226 g/mol. The van der Waals surface area contributed by atoms with E-state index in [9.17, 15) is 4.79 Å². The number of nitrogens with zero attached hydrogens (tertiary/aromatic N) is 2. The molecular formula is C10H14N2O4. The van der Waals surface area contributed by atoms with E-state index in [-0.39, 0.29) is 5.75 Å². The van der Waals surface area contributed by atoms with Crippen LogP contribution in [0.5, 0.6) is 5.75 Å². The fourth-order valence-electron chi connectivity index (χ4n) is 0.916. The van der Waals surface area contributed by atoms with Crippen LogP contribution in [0.2, 0.25) is 0 Å². The summed E-state index contributed by atoms with van der Waals surface area (Å²) < 4.78 is 10.3. The number of aliphatic carboxylic acids is 1. The highest BCUT2D eigenvalue weighted by molar-refractivity contribution is 5.71. The maximum absolute atomic E-state index is 10.9. The van der Waals surface area contributed by atoms with Crippen LogP contribution < -0.4 is 4.74 Å². The Balaban J connectivity index is 2.70. The summed E-state index contributed by atoms with van der Waals surface area (Å²) in [5.41, 5.74) is -0.612. The van der Waals surface area contributed by atoms with Crippen LogP contribution in [0.25, 0.3) is 0 Å². The highest BCUT2D eigenvalue weighted by Gasteiger charge is 2.26. The molecule has 1 rings (SSSR count). The first-order valence-electron chi connectivity index (χ1n) is 4.71. The van der Waals surface area contributed by atoms with E-state index in [1.54, 1.807) is 20.8 Å². The van der Waals surface area contributed by atoms with Crippen molar-refractivity contribution >= 4 is 5.97 Å². The number of ether oxygens (including phenoxy) is 2. The van der Waals surface area contributed by atoms with Crippen molar-refractivity contribution in [2.75, 3.05) is 0 Å². The molecule has 0 aromatic carbocycles. The van der Waals surface area contributed by atoms with Crippen molar-refractivity contribution < 1.29 is 19.4 Å². The molecule has 0 spiro atoms. The summed E-state index contributed by atoms with van der Waals surface area (Å²) in [6.07, 6.45) is 2.70. The Morgan fingerprint density at radius 2 is 1.94 bits per heavy atom. The van der Waals surface area contributed by atoms with Gasteiger partial charge in [-0.2, -0.15) is 0 Å². The van der Waals surface area contributed by atoms with E-state index >= 15 is 0 Å². The summed E-state index contributed by atoms with van der Waals surface area (Å²) in [4.78, 5) is 18.3. The maximum Gasteiger partial charge on any atom is 0.373 e. The first-order valence-corrected chi connectivity index (χ1v) is 4.71. The van der Waals surface area contributed by atoms with Crippen LogP contribution in [0.1, 0.15) is 20.8 Å². The zero-order valence-electron chi connectivity index (χ0n) is 9.38. The van der Waals surface area contributed by atoms with E-state index in [0.717, 1.165) is 0 Å². The molecular weight excluding hydrogens is 212 g/mol. The smallest absolute Gasteiger partial charge is 0.373 e. The van der Waals surface area contributed by atoms with Crippen LogP contribution in [0, 0.1) is 0 Å². The summed E-state index contributed by atoms with van der Waals surface area (Å²) in [7, 11) is 0. The predicted octanol–water partition coefficient (Wildman–Crippen LogP) is 1.08. The Morgan fingerprint density at radius 3 is 2.38 bits per heavy atom. The van der Waals surface area contributed by atoms with Crippen LogP contribution in [0.15, 0.2) is 18.7 Å². The van der Waals surface area contributed by atoms with Crippen molar-refractivity contribution in [3.05, 3.63) is 18.7 Å². The van der Waals surface area contributed by atoms with Gasteiger partial charge in [0.05, 0.1) is 18.0 Å². The highest BCUT2D eigenvalue weighted by atomic mass is 16.7. The molecule has 88 valence electrons. The molecule has 1 aromatic rings. The van der Waals surface area contributed by atoms with E-state index < -0.39 is 17.9 Å². The van der Waals surface area contributed by atoms with Gasteiger partial charge in [0, 0.05) is 0 Å². The van der Waals surface area contributed by atoms with Crippen LogP contribution in [0.3, 0.4) is 0 Å². The first-order chi connectivity index (χ1) is 7.38. The van der Waals surface area contributed by atoms with Crippen molar-refractivity contribution in [3.63, 3.8) is 0 Å². The van der Waals surface area contributed by atoms with E-state index in [0.29, 0.717) is 0 Å². The van der Waals surface area contributed by atoms with Crippen LogP contribution in [-0.4, -0.2) is 32.9 Å². The Labute approximate surface area is 93.2 Å². The number of rotatable bonds is 4. The summed E-state index contributed by atoms with van der Waals surface area (Å²) in [5, 5.41) is 8.91. The number of hydrogen-bond donors (Lipinski definition) is 1. The molecule has 6 nitrogen and oxygen atoms in total. The molecule has 1 N–H and O–H groups in total. The van der Waals surface area contributed by atoms with Gasteiger partial charge in [0.1, 0.15) is 6.33 Å². The SMILES string of the molecule is CC(C)(C)OC(Oc1cncnc1)C(=O)O. The third-order valence-corrected chi connectivity index (χ3v) is 1.44. The van der Waals surface area contributed by atoms with Crippen molar-refractivity contribution in [1.82, 2.24) is 9.97 Å². The van der Waals surface area contributed by atoms with Gasteiger partial charge in [-0.1, -0.05) is 0 Å². The third-order valence-electron chi connectivity index (χ3n) is 1.44. The Morgan fingerprint density at radius 1 is 1.38 bits per heavy atom. The lowest BCUT2D eigenvalue weighted by atomic mass is 10.2. The van der Waals surface area contributed by atoms with Gasteiger partial charge in [0.2, 0.25) is 0 Å². The van der Waals surface area contributed by atoms with Crippen molar-refractivity contribution in [2.45, 2.75) is 32.7 Å². The molecule has 0 radical (unpaired) electrons. The Bertz CT molecular complexity index is 348. The van der Waals surface area contributed by atoms with Crippen molar-refractivity contribution in [1.29, 1.82) is 0 Å². The lowest BCUT2D eigenvalue weighted by Crippen LogP contribution is -2.37. The number of aromatic nitrogens is 2. The Kier molecular flexibility index (Phi) is 3.78. The fourth-order valence-corrected chi connectivity index (χ4v) is 0.916. The number of carboxylic acid groups (broad SMARTS) is 1. The van der Waals surface area contributed by atoms with E-state index in [1.807, 2.05) is 0 Å². The molecule has 1 unspecified atom stereocenters. The van der Waals surface area contributed by atoms with Crippen LogP contribution in [-0.2, 0) is 9.53 Å². The van der Waals surface area contributed by atoms with Crippen molar-refractivity contribution in [2.24, 2.45) is 0 Å². The molecule has 1 atom stereocenters. The Hall–Kier alpha value is -1.69. The van der Waals surface area contributed by atoms with Gasteiger partial charge in [0.25, 0.3) is 6.29 Å². The average Bonchev–Trinajstić information content (AvgIpc) is 2.16. The van der Waals surface area contributed by atoms with Gasteiger partial charge in [-0.05, 0) is 20.8 Å². The second-order valence-corrected chi connectivity index (χ2v) is 4.09. The lowest BCUT2D eigenvalue weighted by molar-refractivity contribution is -0.191. The minimum absolute atomic E-state index is 0.249. The maximum atomic E-state index is 10.9. The first kappa shape index (κ1) is 12.4. The van der Waals surface area contributed by atoms with Gasteiger partial charge in [-0.15, -0.1) is 0 Å². The summed E-state index contributed by atoms with van der Waals surface area (Å²) >= 11 is 0. The molecule has 6 heteroatoms. The normalized spacial score (nSPS) is 13.2. The molecule has 0 aliphatic heterocycles. The molecule has 0 bridgehead atoms. The number of carboxylic acids is 1. The minimum atomic E-state index is -1.37. The summed E-state index contributed by atoms with van der Waals surface area (Å²) in [5.74, 6) is -0.946. The van der Waals surface area contributed by atoms with E-state index in [2.05, 4.69) is 9.97 Å². The van der Waals surface area contributed by atoms with Crippen molar-refractivity contribution in [3.8, 4) is 5.75 Å². The molecule has 0 fully saturated rings. The van der Waals surface area contributed by atoms with E-state index in [1.165, 1.54) is 18.7 Å². The molecule has 0 aliphatic carbocycles. The van der Waals surface area contributed by atoms with Crippen LogP contribution >= 0.6 is 0 Å². The molecule has 1 heterocycles. The second kappa shape index (κ2) is 4.89. The highest BCUT2D eigenvalue weighted by Crippen LogP contribution is 2.15. The molecule has 1 aromatic heterocycles. The zero-order chi connectivity index (χ0) is 12.2. The summed E-state index contributed by atoms with van der Waals surface area (Å²) in [6.45, 7) is 5.23. The second-order valence-electron chi connectivity index (χ2n) is 4.09. The quantitative estimate of drug-likeness (QED) is 0.773. The van der Waals surface area contributed by atoms with Crippen LogP contribution in [0.4, 0.5) is 0 Å². The standard InChI is InChI=1S/C10H14N2O4/c1-10(2,3)16-9(8(13)14)15-7-4-11-6-12-5-7/h4-6,9H,1-3H3,(H,13,14). The predicted molar refractivity (Wildman–Crippen MR) is 54.9 cm³/mol. The largest absolute Gasteiger partial charge is 0.477 e. The molecule has 0 saturated heterocycles. The number of hydrogen-bond acceptors (Lipinski definition) is 5. The topological polar surface area (TPSA) is 81.5 Å². The summed E-state index contributed by atoms with van der Waals surface area (Å²) in [6, 6.07) is 0. The van der Waals surface area contributed by atoms with Gasteiger partial charge < -0.3 is 14.6 Å². The molecule has 16 heavy (non-hydrogen) atoms. The minimum Gasteiger partial charge on any atom is -0.477 e. The zero-order valence-corrected chi connectivity index (χ0v) is 9.38. The fraction of sp³-hybridized carbons (Fsp3) is 0.500. The van der Waals surface area contributed by atoms with Gasteiger partial charge in [0.15, 0.2) is 5.75 Å². The third kappa shape index (κ3) is 4.22. The molecule has 0 saturated carbocycles. The lowest BCUT2D eigenvalue weighted by Gasteiger charge is -2.24. The van der Waals surface area contributed by atoms with Gasteiger partial charge >= 0.3 is 5.97 Å². The molecule has 0 aliphatic rings.